The Bertz CT molecular complexity index is 1090. The summed E-state index contributed by atoms with van der Waals surface area (Å²) in [5, 5.41) is 6.00. The Morgan fingerprint density at radius 1 is 1.07 bits per heavy atom. The van der Waals surface area contributed by atoms with Gasteiger partial charge >= 0.3 is 0 Å². The molecule has 0 saturated heterocycles. The van der Waals surface area contributed by atoms with Crippen LogP contribution in [-0.4, -0.2) is 44.4 Å². The molecular formula is C20H19N3O6. The van der Waals surface area contributed by atoms with Gasteiger partial charge in [-0.15, -0.1) is 0 Å². The van der Waals surface area contributed by atoms with Crippen LogP contribution in [0.5, 0.6) is 23.0 Å². The molecule has 3 aromatic rings. The minimum atomic E-state index is -0.414. The van der Waals surface area contributed by atoms with E-state index >= 15 is 0 Å². The van der Waals surface area contributed by atoms with Crippen LogP contribution >= 0.6 is 0 Å². The number of nitrogens with one attached hydrogen (secondary N) is 3. The maximum absolute atomic E-state index is 12.4. The van der Waals surface area contributed by atoms with Crippen molar-refractivity contribution in [2.45, 2.75) is 0 Å². The summed E-state index contributed by atoms with van der Waals surface area (Å²) in [4.78, 5) is 27.6. The number of aromatic amines is 1. The van der Waals surface area contributed by atoms with E-state index in [-0.39, 0.29) is 19.2 Å². The van der Waals surface area contributed by atoms with E-state index in [0.717, 1.165) is 5.52 Å². The number of amides is 2. The Morgan fingerprint density at radius 2 is 1.90 bits per heavy atom. The van der Waals surface area contributed by atoms with E-state index < -0.39 is 5.91 Å². The first-order valence-corrected chi connectivity index (χ1v) is 8.80. The molecule has 0 spiro atoms. The number of anilines is 1. The molecular weight excluding hydrogens is 378 g/mol. The van der Waals surface area contributed by atoms with Crippen molar-refractivity contribution >= 4 is 28.4 Å². The van der Waals surface area contributed by atoms with Gasteiger partial charge in [0, 0.05) is 17.1 Å². The quantitative estimate of drug-likeness (QED) is 0.589. The second-order valence-corrected chi connectivity index (χ2v) is 6.24. The first-order chi connectivity index (χ1) is 14.1. The van der Waals surface area contributed by atoms with Crippen LogP contribution in [0.25, 0.3) is 10.9 Å². The highest BCUT2D eigenvalue weighted by Crippen LogP contribution is 2.36. The van der Waals surface area contributed by atoms with Crippen molar-refractivity contribution < 1.29 is 28.5 Å². The molecule has 0 aliphatic carbocycles. The van der Waals surface area contributed by atoms with Crippen molar-refractivity contribution in [3.05, 3.63) is 42.1 Å². The van der Waals surface area contributed by atoms with E-state index in [0.29, 0.717) is 39.8 Å². The molecule has 2 heterocycles. The van der Waals surface area contributed by atoms with Crippen LogP contribution in [0.15, 0.2) is 36.4 Å². The van der Waals surface area contributed by atoms with Crippen molar-refractivity contribution in [1.29, 1.82) is 0 Å². The molecule has 1 aliphatic heterocycles. The molecule has 4 rings (SSSR count). The molecule has 0 bridgehead atoms. The van der Waals surface area contributed by atoms with E-state index in [2.05, 4.69) is 15.6 Å². The SMILES string of the molecule is COc1ccc2[nH]c(C(=O)NCC(=O)Nc3ccc4c(c3)OCO4)cc2c1OC. The standard InChI is InChI=1S/C20H19N3O6/c1-26-16-6-4-13-12(19(16)27-2)8-14(23-13)20(25)21-9-18(24)22-11-3-5-15-17(7-11)29-10-28-15/h3-8,23H,9-10H2,1-2H3,(H,21,25)(H,22,24). The van der Waals surface area contributed by atoms with Gasteiger partial charge in [-0.1, -0.05) is 0 Å². The maximum Gasteiger partial charge on any atom is 0.268 e. The van der Waals surface area contributed by atoms with Crippen LogP contribution in [0.4, 0.5) is 5.69 Å². The highest BCUT2D eigenvalue weighted by atomic mass is 16.7. The van der Waals surface area contributed by atoms with Gasteiger partial charge in [0.1, 0.15) is 5.69 Å². The first kappa shape index (κ1) is 18.5. The fraction of sp³-hybridized carbons (Fsp3) is 0.200. The Labute approximate surface area is 165 Å². The second-order valence-electron chi connectivity index (χ2n) is 6.24. The molecule has 150 valence electrons. The summed E-state index contributed by atoms with van der Waals surface area (Å²) in [5.74, 6) is 1.50. The Kier molecular flexibility index (Phi) is 4.86. The zero-order chi connectivity index (χ0) is 20.4. The zero-order valence-electron chi connectivity index (χ0n) is 15.8. The molecule has 0 radical (unpaired) electrons. The Balaban J connectivity index is 1.41. The third-order valence-corrected chi connectivity index (χ3v) is 4.45. The lowest BCUT2D eigenvalue weighted by Crippen LogP contribution is -2.33. The van der Waals surface area contributed by atoms with Crippen LogP contribution in [0.1, 0.15) is 10.5 Å². The van der Waals surface area contributed by atoms with E-state index in [1.807, 2.05) is 0 Å². The molecule has 1 aromatic heterocycles. The summed E-state index contributed by atoms with van der Waals surface area (Å²) >= 11 is 0. The molecule has 9 heteroatoms. The van der Waals surface area contributed by atoms with E-state index in [1.165, 1.54) is 7.11 Å². The molecule has 2 amide bonds. The number of aromatic nitrogens is 1. The summed E-state index contributed by atoms with van der Waals surface area (Å²) in [7, 11) is 3.08. The van der Waals surface area contributed by atoms with Gasteiger partial charge in [-0.3, -0.25) is 9.59 Å². The van der Waals surface area contributed by atoms with Gasteiger partial charge in [0.05, 0.1) is 26.3 Å². The van der Waals surface area contributed by atoms with E-state index in [4.69, 9.17) is 18.9 Å². The first-order valence-electron chi connectivity index (χ1n) is 8.80. The lowest BCUT2D eigenvalue weighted by atomic mass is 10.2. The third-order valence-electron chi connectivity index (χ3n) is 4.45. The van der Waals surface area contributed by atoms with Crippen LogP contribution in [0.3, 0.4) is 0 Å². The van der Waals surface area contributed by atoms with Gasteiger partial charge in [-0.05, 0) is 30.3 Å². The maximum atomic E-state index is 12.4. The summed E-state index contributed by atoms with van der Waals surface area (Å²) < 4.78 is 21.2. The molecule has 2 aromatic carbocycles. The minimum absolute atomic E-state index is 0.157. The highest BCUT2D eigenvalue weighted by Gasteiger charge is 2.17. The summed E-state index contributed by atoms with van der Waals surface area (Å²) in [5.41, 5.74) is 1.58. The van der Waals surface area contributed by atoms with Crippen LogP contribution < -0.4 is 29.6 Å². The van der Waals surface area contributed by atoms with Crippen LogP contribution in [0, 0.1) is 0 Å². The number of rotatable bonds is 6. The predicted molar refractivity (Wildman–Crippen MR) is 105 cm³/mol. The third kappa shape index (κ3) is 3.62. The number of hydrogen-bond acceptors (Lipinski definition) is 6. The lowest BCUT2D eigenvalue weighted by Gasteiger charge is -2.07. The molecule has 0 atom stereocenters. The Hall–Kier alpha value is -3.88. The van der Waals surface area contributed by atoms with E-state index in [9.17, 15) is 9.59 Å². The number of benzene rings is 2. The summed E-state index contributed by atoms with van der Waals surface area (Å²) in [6.07, 6.45) is 0. The summed E-state index contributed by atoms with van der Waals surface area (Å²) in [6, 6.07) is 10.3. The molecule has 1 aliphatic rings. The average molecular weight is 397 g/mol. The molecule has 3 N–H and O–H groups in total. The predicted octanol–water partition coefficient (Wildman–Crippen LogP) is 2.28. The molecule has 0 fully saturated rings. The fourth-order valence-electron chi connectivity index (χ4n) is 3.09. The van der Waals surface area contributed by atoms with Gasteiger partial charge in [0.15, 0.2) is 23.0 Å². The van der Waals surface area contributed by atoms with Gasteiger partial charge in [-0.2, -0.15) is 0 Å². The topological polar surface area (TPSA) is 111 Å². The monoisotopic (exact) mass is 397 g/mol. The summed E-state index contributed by atoms with van der Waals surface area (Å²) in [6.45, 7) is -0.0347. The number of carbonyl (C=O) groups excluding carboxylic acids is 2. The van der Waals surface area contributed by atoms with Gasteiger partial charge < -0.3 is 34.6 Å². The van der Waals surface area contributed by atoms with Crippen molar-refractivity contribution in [3.8, 4) is 23.0 Å². The number of carbonyl (C=O) groups is 2. The number of hydrogen-bond donors (Lipinski definition) is 3. The highest BCUT2D eigenvalue weighted by molar-refractivity contribution is 6.02. The fourth-order valence-corrected chi connectivity index (χ4v) is 3.09. The molecule has 29 heavy (non-hydrogen) atoms. The van der Waals surface area contributed by atoms with Gasteiger partial charge in [-0.25, -0.2) is 0 Å². The Morgan fingerprint density at radius 3 is 2.69 bits per heavy atom. The van der Waals surface area contributed by atoms with Crippen LogP contribution in [-0.2, 0) is 4.79 Å². The number of fused-ring (bicyclic) bond motifs is 2. The minimum Gasteiger partial charge on any atom is -0.493 e. The largest absolute Gasteiger partial charge is 0.493 e. The second kappa shape index (κ2) is 7.63. The number of methoxy groups -OCH3 is 2. The normalized spacial score (nSPS) is 11.9. The lowest BCUT2D eigenvalue weighted by molar-refractivity contribution is -0.115. The smallest absolute Gasteiger partial charge is 0.268 e. The number of H-pyrrole nitrogens is 1. The van der Waals surface area contributed by atoms with Gasteiger partial charge in [0.2, 0.25) is 12.7 Å². The molecule has 0 saturated carbocycles. The van der Waals surface area contributed by atoms with Crippen molar-refractivity contribution in [3.63, 3.8) is 0 Å². The zero-order valence-corrected chi connectivity index (χ0v) is 15.8. The van der Waals surface area contributed by atoms with Crippen molar-refractivity contribution in [2.75, 3.05) is 32.9 Å². The number of ether oxygens (including phenoxy) is 4. The van der Waals surface area contributed by atoms with Crippen molar-refractivity contribution in [2.24, 2.45) is 0 Å². The van der Waals surface area contributed by atoms with Crippen LogP contribution in [0.2, 0.25) is 0 Å². The van der Waals surface area contributed by atoms with E-state index in [1.54, 1.807) is 43.5 Å². The van der Waals surface area contributed by atoms with Crippen molar-refractivity contribution in [1.82, 2.24) is 10.3 Å². The molecule has 9 nitrogen and oxygen atoms in total. The molecule has 0 unspecified atom stereocenters. The van der Waals surface area contributed by atoms with Gasteiger partial charge in [0.25, 0.3) is 5.91 Å². The average Bonchev–Trinajstić information content (AvgIpc) is 3.37.